The average molecular weight is 282 g/mol. The monoisotopic (exact) mass is 282 g/mol. The second-order valence-electron chi connectivity index (χ2n) is 5.30. The normalized spacial score (nSPS) is 24.4. The first-order valence-corrected chi connectivity index (χ1v) is 5.79. The number of hydrazone groups is 1. The quantitative estimate of drug-likeness (QED) is 0.804. The zero-order valence-corrected chi connectivity index (χ0v) is 11.2. The molecule has 0 aliphatic carbocycles. The Balaban J connectivity index is 3.06. The van der Waals surface area contributed by atoms with E-state index in [0.29, 0.717) is 0 Å². The fourth-order valence-corrected chi connectivity index (χ4v) is 1.53. The number of amides is 1. The lowest BCUT2D eigenvalue weighted by molar-refractivity contribution is -0.300. The smallest absolute Gasteiger partial charge is 0.439 e. The van der Waals surface area contributed by atoms with Crippen LogP contribution >= 0.6 is 0 Å². The lowest BCUT2D eigenvalue weighted by atomic mass is 10.1. The van der Waals surface area contributed by atoms with Gasteiger partial charge in [-0.1, -0.05) is 6.92 Å². The Morgan fingerprint density at radius 1 is 1.47 bits per heavy atom. The van der Waals surface area contributed by atoms with Crippen LogP contribution in [-0.4, -0.2) is 39.4 Å². The fraction of sp³-hybridized carbons (Fsp3) is 0.818. The topological polar surface area (TPSA) is 62.1 Å². The van der Waals surface area contributed by atoms with Crippen molar-refractivity contribution < 1.29 is 27.8 Å². The lowest BCUT2D eigenvalue weighted by Gasteiger charge is -2.33. The Hall–Kier alpha value is -1.31. The molecule has 1 rings (SSSR count). The summed E-state index contributed by atoms with van der Waals surface area (Å²) < 4.78 is 43.6. The van der Waals surface area contributed by atoms with Gasteiger partial charge in [0.2, 0.25) is 0 Å². The number of halogens is 3. The molecule has 0 saturated carbocycles. The Morgan fingerprint density at radius 2 is 2.00 bits per heavy atom. The van der Waals surface area contributed by atoms with E-state index in [1.165, 1.54) is 20.8 Å². The summed E-state index contributed by atoms with van der Waals surface area (Å²) in [5.41, 5.74) is -4.22. The van der Waals surface area contributed by atoms with Crippen molar-refractivity contribution in [1.29, 1.82) is 0 Å². The van der Waals surface area contributed by atoms with Gasteiger partial charge in [0, 0.05) is 12.1 Å². The molecule has 1 aliphatic rings. The van der Waals surface area contributed by atoms with E-state index in [2.05, 4.69) is 5.10 Å². The van der Waals surface area contributed by atoms with Crippen LogP contribution in [0.4, 0.5) is 18.0 Å². The summed E-state index contributed by atoms with van der Waals surface area (Å²) in [6, 6.07) is 0. The second kappa shape index (κ2) is 4.66. The van der Waals surface area contributed by atoms with Crippen LogP contribution in [0.15, 0.2) is 5.10 Å². The highest BCUT2D eigenvalue weighted by Gasteiger charge is 2.63. The maximum Gasteiger partial charge on any atom is 0.439 e. The predicted octanol–water partition coefficient (Wildman–Crippen LogP) is 2.64. The van der Waals surface area contributed by atoms with E-state index in [-0.39, 0.29) is 17.1 Å². The molecule has 5 nitrogen and oxygen atoms in total. The highest BCUT2D eigenvalue weighted by atomic mass is 19.4. The van der Waals surface area contributed by atoms with Crippen molar-refractivity contribution in [3.05, 3.63) is 0 Å². The molecule has 0 saturated heterocycles. The van der Waals surface area contributed by atoms with Crippen LogP contribution in [-0.2, 0) is 4.74 Å². The summed E-state index contributed by atoms with van der Waals surface area (Å²) in [6.45, 7) is 6.13. The van der Waals surface area contributed by atoms with Crippen LogP contribution in [0, 0.1) is 0 Å². The van der Waals surface area contributed by atoms with Crippen LogP contribution in [0.1, 0.15) is 40.5 Å². The van der Waals surface area contributed by atoms with Gasteiger partial charge in [-0.2, -0.15) is 23.3 Å². The number of aliphatic hydroxyl groups is 1. The van der Waals surface area contributed by atoms with Gasteiger partial charge in [0.25, 0.3) is 5.72 Å². The number of carbonyl (C=O) groups is 1. The summed E-state index contributed by atoms with van der Waals surface area (Å²) in [5.74, 6) is 0. The summed E-state index contributed by atoms with van der Waals surface area (Å²) in [6.07, 6.45) is -6.88. The van der Waals surface area contributed by atoms with E-state index in [4.69, 9.17) is 4.74 Å². The molecule has 1 heterocycles. The average Bonchev–Trinajstić information content (AvgIpc) is 2.53. The van der Waals surface area contributed by atoms with Gasteiger partial charge in [-0.15, -0.1) is 0 Å². The van der Waals surface area contributed by atoms with Crippen molar-refractivity contribution in [2.24, 2.45) is 5.10 Å². The molecule has 0 spiro atoms. The van der Waals surface area contributed by atoms with Gasteiger partial charge in [-0.25, -0.2) is 4.79 Å². The summed E-state index contributed by atoms with van der Waals surface area (Å²) in [7, 11) is 0. The Morgan fingerprint density at radius 3 is 2.37 bits per heavy atom. The van der Waals surface area contributed by atoms with Gasteiger partial charge < -0.3 is 9.84 Å². The van der Waals surface area contributed by atoms with E-state index < -0.39 is 30.0 Å². The fourth-order valence-electron chi connectivity index (χ4n) is 1.53. The molecule has 110 valence electrons. The molecule has 0 bridgehead atoms. The van der Waals surface area contributed by atoms with E-state index in [0.717, 1.165) is 0 Å². The molecule has 0 aromatic carbocycles. The zero-order valence-electron chi connectivity index (χ0n) is 11.2. The molecule has 0 aromatic heterocycles. The van der Waals surface area contributed by atoms with Crippen molar-refractivity contribution in [2.45, 2.75) is 58.0 Å². The third kappa shape index (κ3) is 3.17. The van der Waals surface area contributed by atoms with Crippen molar-refractivity contribution >= 4 is 11.8 Å². The van der Waals surface area contributed by atoms with Crippen molar-refractivity contribution in [2.75, 3.05) is 0 Å². The Labute approximate surface area is 109 Å². The first-order chi connectivity index (χ1) is 8.40. The number of carbonyl (C=O) groups excluding carboxylic acids is 1. The van der Waals surface area contributed by atoms with Crippen LogP contribution < -0.4 is 0 Å². The zero-order chi connectivity index (χ0) is 15.1. The molecule has 0 aromatic rings. The molecular weight excluding hydrogens is 265 g/mol. The van der Waals surface area contributed by atoms with Crippen molar-refractivity contribution in [3.8, 4) is 0 Å². The number of alkyl halides is 3. The molecule has 1 unspecified atom stereocenters. The largest absolute Gasteiger partial charge is 0.442 e. The van der Waals surface area contributed by atoms with Crippen LogP contribution in [0.25, 0.3) is 0 Å². The third-order valence-corrected chi connectivity index (χ3v) is 2.47. The summed E-state index contributed by atoms with van der Waals surface area (Å²) in [4.78, 5) is 11.7. The minimum Gasteiger partial charge on any atom is -0.442 e. The Bertz CT molecular complexity index is 401. The number of rotatable bonds is 1. The molecule has 1 N–H and O–H groups in total. The number of ether oxygens (including phenoxy) is 1. The number of hydrogen-bond donors (Lipinski definition) is 1. The van der Waals surface area contributed by atoms with E-state index in [1.54, 1.807) is 6.92 Å². The number of nitrogens with zero attached hydrogens (tertiary/aromatic N) is 2. The van der Waals surface area contributed by atoms with Gasteiger partial charge in [-0.3, -0.25) is 0 Å². The molecule has 8 heteroatoms. The number of hydrogen-bond acceptors (Lipinski definition) is 4. The molecule has 19 heavy (non-hydrogen) atoms. The predicted molar refractivity (Wildman–Crippen MR) is 61.4 cm³/mol. The first-order valence-electron chi connectivity index (χ1n) is 5.79. The third-order valence-electron chi connectivity index (χ3n) is 2.47. The Kier molecular flexibility index (Phi) is 3.86. The minimum atomic E-state index is -5.01. The van der Waals surface area contributed by atoms with E-state index in [9.17, 15) is 23.1 Å². The van der Waals surface area contributed by atoms with Gasteiger partial charge in [0.15, 0.2) is 0 Å². The van der Waals surface area contributed by atoms with Gasteiger partial charge >= 0.3 is 12.3 Å². The van der Waals surface area contributed by atoms with Crippen LogP contribution in [0.3, 0.4) is 0 Å². The first kappa shape index (κ1) is 15.7. The maximum absolute atomic E-state index is 12.9. The van der Waals surface area contributed by atoms with Gasteiger partial charge in [0.1, 0.15) is 5.60 Å². The SMILES string of the molecule is CCC1=NN(C(=O)OC(C)(C)C)C(O)(C(F)(F)F)C1. The molecule has 0 radical (unpaired) electrons. The molecule has 1 aliphatic heterocycles. The van der Waals surface area contributed by atoms with Gasteiger partial charge in [0.05, 0.1) is 0 Å². The highest BCUT2D eigenvalue weighted by molar-refractivity contribution is 5.89. The van der Waals surface area contributed by atoms with Gasteiger partial charge in [-0.05, 0) is 27.2 Å². The second-order valence-corrected chi connectivity index (χ2v) is 5.30. The van der Waals surface area contributed by atoms with Crippen LogP contribution in [0.5, 0.6) is 0 Å². The lowest BCUT2D eigenvalue weighted by Crippen LogP contribution is -2.57. The summed E-state index contributed by atoms with van der Waals surface area (Å²) in [5, 5.41) is 13.2. The maximum atomic E-state index is 12.9. The molecule has 0 fully saturated rings. The van der Waals surface area contributed by atoms with Crippen LogP contribution in [0.2, 0.25) is 0 Å². The highest BCUT2D eigenvalue weighted by Crippen LogP contribution is 2.41. The van der Waals surface area contributed by atoms with Crippen molar-refractivity contribution in [1.82, 2.24) is 5.01 Å². The molecule has 1 amide bonds. The summed E-state index contributed by atoms with van der Waals surface area (Å²) >= 11 is 0. The minimum absolute atomic E-state index is 0.0168. The molecular formula is C11H17F3N2O3. The standard InChI is InChI=1S/C11H17F3N2O3/c1-5-7-6-10(18,11(12,13)14)16(15-7)8(17)19-9(2,3)4/h18H,5-6H2,1-4H3. The van der Waals surface area contributed by atoms with E-state index >= 15 is 0 Å². The van der Waals surface area contributed by atoms with Crippen molar-refractivity contribution in [3.63, 3.8) is 0 Å². The van der Waals surface area contributed by atoms with E-state index in [1.807, 2.05) is 0 Å². The molecule has 1 atom stereocenters.